The Morgan fingerprint density at radius 2 is 2.29 bits per heavy atom. The van der Waals surface area contributed by atoms with Crippen LogP contribution >= 0.6 is 0 Å². The van der Waals surface area contributed by atoms with E-state index in [9.17, 15) is 4.39 Å². The van der Waals surface area contributed by atoms with Crippen molar-refractivity contribution in [2.45, 2.75) is 6.42 Å². The summed E-state index contributed by atoms with van der Waals surface area (Å²) in [6.07, 6.45) is 3.36. The first kappa shape index (κ1) is 10.4. The van der Waals surface area contributed by atoms with Gasteiger partial charge in [-0.1, -0.05) is 18.2 Å². The Labute approximate surface area is 81.9 Å². The van der Waals surface area contributed by atoms with Crippen LogP contribution in [0.2, 0.25) is 0 Å². The van der Waals surface area contributed by atoms with E-state index >= 15 is 0 Å². The Morgan fingerprint density at radius 3 is 2.93 bits per heavy atom. The van der Waals surface area contributed by atoms with E-state index < -0.39 is 0 Å². The fraction of sp³-hybridized carbons (Fsp3) is 0.182. The first-order valence-corrected chi connectivity index (χ1v) is 4.20. The molecule has 0 aliphatic heterocycles. The molecule has 0 spiro atoms. The van der Waals surface area contributed by atoms with Crippen molar-refractivity contribution in [3.8, 4) is 6.07 Å². The van der Waals surface area contributed by atoms with Crippen molar-refractivity contribution in [2.24, 2.45) is 0 Å². The molecule has 3 heteroatoms. The van der Waals surface area contributed by atoms with E-state index in [1.165, 1.54) is 18.2 Å². The van der Waals surface area contributed by atoms with Gasteiger partial charge in [0.05, 0.1) is 19.1 Å². The molecule has 0 heterocycles. The highest BCUT2D eigenvalue weighted by molar-refractivity contribution is 5.54. The number of nitrogens with zero attached hydrogens (tertiary/aromatic N) is 1. The number of halogens is 1. The lowest BCUT2D eigenvalue weighted by atomic mass is 10.0. The maximum atomic E-state index is 12.8. The normalized spacial score (nSPS) is 10.4. The Hall–Kier alpha value is -1.66. The minimum atomic E-state index is -0.343. The van der Waals surface area contributed by atoms with Crippen LogP contribution in [0.3, 0.4) is 0 Å². The summed E-state index contributed by atoms with van der Waals surface area (Å²) >= 11 is 0. The molecule has 14 heavy (non-hydrogen) atoms. The van der Waals surface area contributed by atoms with Crippen LogP contribution in [0.25, 0.3) is 6.08 Å². The SMILES string of the molecule is N#CCc1ccc(F)cc1C=CCO. The second-order valence-corrected chi connectivity index (χ2v) is 2.76. The van der Waals surface area contributed by atoms with Crippen LogP contribution in [0, 0.1) is 17.1 Å². The first-order chi connectivity index (χ1) is 6.77. The molecule has 0 fully saturated rings. The van der Waals surface area contributed by atoms with Crippen LogP contribution in [0.4, 0.5) is 4.39 Å². The molecule has 0 unspecified atom stereocenters. The standard InChI is InChI=1S/C11H10FNO/c12-11-4-3-9(5-6-13)10(8-11)2-1-7-14/h1-4,8,14H,5,7H2. The summed E-state index contributed by atoms with van der Waals surface area (Å²) in [7, 11) is 0. The summed E-state index contributed by atoms with van der Waals surface area (Å²) in [6.45, 7) is -0.0947. The van der Waals surface area contributed by atoms with Gasteiger partial charge in [0.1, 0.15) is 5.82 Å². The second kappa shape index (κ2) is 5.15. The minimum absolute atomic E-state index is 0.0947. The van der Waals surface area contributed by atoms with Gasteiger partial charge in [-0.05, 0) is 23.3 Å². The predicted molar refractivity (Wildman–Crippen MR) is 51.8 cm³/mol. The van der Waals surface area contributed by atoms with Crippen LogP contribution in [-0.4, -0.2) is 11.7 Å². The van der Waals surface area contributed by atoms with E-state index in [0.29, 0.717) is 5.56 Å². The fourth-order valence-electron chi connectivity index (χ4n) is 1.15. The molecular weight excluding hydrogens is 181 g/mol. The van der Waals surface area contributed by atoms with Crippen LogP contribution in [0.5, 0.6) is 0 Å². The van der Waals surface area contributed by atoms with Gasteiger partial charge in [0, 0.05) is 0 Å². The van der Waals surface area contributed by atoms with Gasteiger partial charge in [0.15, 0.2) is 0 Å². The zero-order chi connectivity index (χ0) is 10.4. The van der Waals surface area contributed by atoms with Crippen molar-refractivity contribution in [1.29, 1.82) is 5.26 Å². The van der Waals surface area contributed by atoms with E-state index in [1.807, 2.05) is 6.07 Å². The Balaban J connectivity index is 3.03. The lowest BCUT2D eigenvalue weighted by Gasteiger charge is -2.01. The predicted octanol–water partition coefficient (Wildman–Crippen LogP) is 1.90. The number of nitriles is 1. The zero-order valence-corrected chi connectivity index (χ0v) is 7.57. The van der Waals surface area contributed by atoms with Crippen LogP contribution < -0.4 is 0 Å². The molecular formula is C11H10FNO. The van der Waals surface area contributed by atoms with Crippen molar-refractivity contribution in [3.05, 3.63) is 41.2 Å². The molecule has 0 radical (unpaired) electrons. The average molecular weight is 191 g/mol. The summed E-state index contributed by atoms with van der Waals surface area (Å²) in [5.74, 6) is -0.343. The van der Waals surface area contributed by atoms with E-state index in [1.54, 1.807) is 12.1 Å². The third-order valence-electron chi connectivity index (χ3n) is 1.78. The van der Waals surface area contributed by atoms with Gasteiger partial charge in [-0.25, -0.2) is 4.39 Å². The molecule has 1 aromatic rings. The quantitative estimate of drug-likeness (QED) is 0.792. The molecule has 0 aliphatic rings. The lowest BCUT2D eigenvalue weighted by Crippen LogP contribution is -1.89. The van der Waals surface area contributed by atoms with Crippen molar-refractivity contribution >= 4 is 6.08 Å². The van der Waals surface area contributed by atoms with Gasteiger partial charge in [-0.3, -0.25) is 0 Å². The van der Waals surface area contributed by atoms with E-state index in [0.717, 1.165) is 5.56 Å². The van der Waals surface area contributed by atoms with Gasteiger partial charge in [-0.15, -0.1) is 0 Å². The topological polar surface area (TPSA) is 44.0 Å². The molecule has 0 aromatic heterocycles. The van der Waals surface area contributed by atoms with Crippen LogP contribution in [0.15, 0.2) is 24.3 Å². The number of aliphatic hydroxyl groups excluding tert-OH is 1. The lowest BCUT2D eigenvalue weighted by molar-refractivity contribution is 0.343. The summed E-state index contributed by atoms with van der Waals surface area (Å²) in [5.41, 5.74) is 1.40. The van der Waals surface area contributed by atoms with Gasteiger partial charge < -0.3 is 5.11 Å². The number of hydrogen-bond donors (Lipinski definition) is 1. The molecule has 1 N–H and O–H groups in total. The molecule has 0 amide bonds. The van der Waals surface area contributed by atoms with Crippen LogP contribution in [0.1, 0.15) is 11.1 Å². The van der Waals surface area contributed by atoms with E-state index in [2.05, 4.69) is 0 Å². The molecule has 1 rings (SSSR count). The molecule has 0 saturated heterocycles. The maximum Gasteiger partial charge on any atom is 0.123 e. The van der Waals surface area contributed by atoms with Gasteiger partial charge in [0.2, 0.25) is 0 Å². The van der Waals surface area contributed by atoms with Crippen LogP contribution in [-0.2, 0) is 6.42 Å². The largest absolute Gasteiger partial charge is 0.392 e. The van der Waals surface area contributed by atoms with Crippen molar-refractivity contribution < 1.29 is 9.50 Å². The van der Waals surface area contributed by atoms with E-state index in [-0.39, 0.29) is 18.8 Å². The molecule has 0 bridgehead atoms. The van der Waals surface area contributed by atoms with Crippen molar-refractivity contribution in [1.82, 2.24) is 0 Å². The maximum absolute atomic E-state index is 12.8. The molecule has 0 aliphatic carbocycles. The van der Waals surface area contributed by atoms with E-state index in [4.69, 9.17) is 10.4 Å². The molecule has 0 atom stereocenters. The average Bonchev–Trinajstić information content (AvgIpc) is 2.18. The fourth-order valence-corrected chi connectivity index (χ4v) is 1.15. The number of hydrogen-bond acceptors (Lipinski definition) is 2. The highest BCUT2D eigenvalue weighted by Crippen LogP contribution is 2.13. The Morgan fingerprint density at radius 1 is 1.50 bits per heavy atom. The number of aliphatic hydroxyl groups is 1. The Kier molecular flexibility index (Phi) is 3.84. The minimum Gasteiger partial charge on any atom is -0.392 e. The highest BCUT2D eigenvalue weighted by atomic mass is 19.1. The molecule has 72 valence electrons. The summed E-state index contributed by atoms with van der Waals surface area (Å²) in [6, 6.07) is 6.25. The molecule has 1 aromatic carbocycles. The molecule has 0 saturated carbocycles. The molecule has 2 nitrogen and oxygen atoms in total. The van der Waals surface area contributed by atoms with Gasteiger partial charge >= 0.3 is 0 Å². The first-order valence-electron chi connectivity index (χ1n) is 4.20. The Bertz CT molecular complexity index is 379. The summed E-state index contributed by atoms with van der Waals surface area (Å²) in [5, 5.41) is 17.1. The summed E-state index contributed by atoms with van der Waals surface area (Å²) in [4.78, 5) is 0. The third-order valence-corrected chi connectivity index (χ3v) is 1.78. The van der Waals surface area contributed by atoms with Crippen molar-refractivity contribution in [2.75, 3.05) is 6.61 Å². The monoisotopic (exact) mass is 191 g/mol. The smallest absolute Gasteiger partial charge is 0.123 e. The van der Waals surface area contributed by atoms with Gasteiger partial charge in [0.25, 0.3) is 0 Å². The highest BCUT2D eigenvalue weighted by Gasteiger charge is 2.00. The second-order valence-electron chi connectivity index (χ2n) is 2.76. The zero-order valence-electron chi connectivity index (χ0n) is 7.57. The number of rotatable bonds is 3. The van der Waals surface area contributed by atoms with Gasteiger partial charge in [-0.2, -0.15) is 5.26 Å². The third kappa shape index (κ3) is 2.68. The summed E-state index contributed by atoms with van der Waals surface area (Å²) < 4.78 is 12.8. The number of benzene rings is 1. The van der Waals surface area contributed by atoms with Crippen molar-refractivity contribution in [3.63, 3.8) is 0 Å².